The van der Waals surface area contributed by atoms with E-state index >= 15 is 0 Å². The fraction of sp³-hybridized carbons (Fsp3) is 0.833. The molecule has 0 aromatic heterocycles. The van der Waals surface area contributed by atoms with E-state index in [4.69, 9.17) is 0 Å². The van der Waals surface area contributed by atoms with Crippen LogP contribution >= 0.6 is 0 Å². The molecule has 0 unspecified atom stereocenters. The lowest BCUT2D eigenvalue weighted by Gasteiger charge is -2.34. The Labute approximate surface area is 108 Å². The van der Waals surface area contributed by atoms with Crippen LogP contribution in [-0.2, 0) is 14.3 Å². The van der Waals surface area contributed by atoms with E-state index < -0.39 is 0 Å². The number of ether oxygens (including phenoxy) is 1. The number of amides is 1. The van der Waals surface area contributed by atoms with Crippen LogP contribution in [0.25, 0.3) is 0 Å². The van der Waals surface area contributed by atoms with Gasteiger partial charge in [0.05, 0.1) is 20.2 Å². The van der Waals surface area contributed by atoms with Gasteiger partial charge in [0.15, 0.2) is 0 Å². The van der Waals surface area contributed by atoms with Gasteiger partial charge < -0.3 is 15.0 Å². The lowest BCUT2D eigenvalue weighted by Crippen LogP contribution is -2.51. The van der Waals surface area contributed by atoms with Crippen LogP contribution in [0.5, 0.6) is 0 Å². The van der Waals surface area contributed by atoms with Crippen molar-refractivity contribution >= 4 is 11.9 Å². The van der Waals surface area contributed by atoms with Crippen molar-refractivity contribution in [1.82, 2.24) is 15.1 Å². The van der Waals surface area contributed by atoms with E-state index in [9.17, 15) is 9.59 Å². The van der Waals surface area contributed by atoms with Crippen LogP contribution in [0.2, 0.25) is 0 Å². The summed E-state index contributed by atoms with van der Waals surface area (Å²) in [4.78, 5) is 26.8. The van der Waals surface area contributed by atoms with Crippen LogP contribution in [0.3, 0.4) is 0 Å². The second-order valence-corrected chi connectivity index (χ2v) is 4.41. The van der Waals surface area contributed by atoms with E-state index in [0.717, 1.165) is 26.1 Å². The van der Waals surface area contributed by atoms with Crippen LogP contribution in [0.1, 0.15) is 13.3 Å². The van der Waals surface area contributed by atoms with E-state index in [-0.39, 0.29) is 11.9 Å². The van der Waals surface area contributed by atoms with Gasteiger partial charge in [-0.05, 0) is 13.0 Å². The minimum Gasteiger partial charge on any atom is -0.468 e. The van der Waals surface area contributed by atoms with Gasteiger partial charge in [0.2, 0.25) is 5.91 Å². The first-order valence-corrected chi connectivity index (χ1v) is 6.45. The molecule has 104 valence electrons. The fourth-order valence-corrected chi connectivity index (χ4v) is 1.89. The van der Waals surface area contributed by atoms with Crippen LogP contribution in [-0.4, -0.2) is 74.6 Å². The highest BCUT2D eigenvalue weighted by atomic mass is 16.5. The van der Waals surface area contributed by atoms with E-state index in [1.54, 1.807) is 0 Å². The third kappa shape index (κ3) is 5.01. The van der Waals surface area contributed by atoms with Gasteiger partial charge in [0.1, 0.15) is 0 Å². The molecule has 0 bridgehead atoms. The average Bonchev–Trinajstić information content (AvgIpc) is 2.39. The quantitative estimate of drug-likeness (QED) is 0.504. The third-order valence-electron chi connectivity index (χ3n) is 3.01. The zero-order valence-electron chi connectivity index (χ0n) is 11.3. The van der Waals surface area contributed by atoms with Crippen molar-refractivity contribution in [3.63, 3.8) is 0 Å². The van der Waals surface area contributed by atoms with E-state index in [2.05, 4.69) is 17.0 Å². The molecule has 0 radical (unpaired) electrons. The van der Waals surface area contributed by atoms with Crippen molar-refractivity contribution < 1.29 is 14.3 Å². The number of carbonyl (C=O) groups is 2. The Morgan fingerprint density at radius 3 is 2.44 bits per heavy atom. The number of carbonyl (C=O) groups excluding carboxylic acids is 2. The summed E-state index contributed by atoms with van der Waals surface area (Å²) in [6, 6.07) is 0. The average molecular weight is 257 g/mol. The van der Waals surface area contributed by atoms with Crippen molar-refractivity contribution in [3.8, 4) is 0 Å². The first-order valence-electron chi connectivity index (χ1n) is 6.45. The van der Waals surface area contributed by atoms with Gasteiger partial charge in [0.25, 0.3) is 0 Å². The molecule has 18 heavy (non-hydrogen) atoms. The molecule has 0 spiro atoms. The molecule has 1 fully saturated rings. The Kier molecular flexibility index (Phi) is 6.67. The Balaban J connectivity index is 2.22. The summed E-state index contributed by atoms with van der Waals surface area (Å²) in [7, 11) is 1.39. The highest BCUT2D eigenvalue weighted by molar-refractivity contribution is 5.78. The molecule has 1 N–H and O–H groups in total. The maximum absolute atomic E-state index is 11.8. The number of nitrogens with one attached hydrogen (secondary N) is 1. The van der Waals surface area contributed by atoms with E-state index in [1.807, 2.05) is 9.80 Å². The summed E-state index contributed by atoms with van der Waals surface area (Å²) >= 11 is 0. The molecular weight excluding hydrogens is 234 g/mol. The first kappa shape index (κ1) is 14.9. The standard InChI is InChI=1S/C12H23N3O3/c1-3-4-13-9-11(16)15-7-5-14(6-8-15)10-12(17)18-2/h13H,3-10H2,1-2H3. The third-order valence-corrected chi connectivity index (χ3v) is 3.01. The maximum Gasteiger partial charge on any atom is 0.319 e. The molecule has 1 amide bonds. The first-order chi connectivity index (χ1) is 8.67. The zero-order valence-corrected chi connectivity index (χ0v) is 11.3. The number of esters is 1. The zero-order chi connectivity index (χ0) is 13.4. The van der Waals surface area contributed by atoms with Crippen LogP contribution in [0, 0.1) is 0 Å². The summed E-state index contributed by atoms with van der Waals surface area (Å²) < 4.78 is 4.62. The second kappa shape index (κ2) is 8.05. The highest BCUT2D eigenvalue weighted by Crippen LogP contribution is 2.02. The Hall–Kier alpha value is -1.14. The van der Waals surface area contributed by atoms with Gasteiger partial charge in [0, 0.05) is 26.2 Å². The van der Waals surface area contributed by atoms with Crippen LogP contribution in [0.4, 0.5) is 0 Å². The molecule has 0 aromatic rings. The van der Waals surface area contributed by atoms with Gasteiger partial charge in [-0.1, -0.05) is 6.92 Å². The lowest BCUT2D eigenvalue weighted by molar-refractivity contribution is -0.142. The van der Waals surface area contributed by atoms with Gasteiger partial charge in [-0.25, -0.2) is 0 Å². The van der Waals surface area contributed by atoms with Crippen LogP contribution in [0.15, 0.2) is 0 Å². The van der Waals surface area contributed by atoms with Crippen molar-refractivity contribution in [2.75, 3.05) is 52.9 Å². The van der Waals surface area contributed by atoms with Gasteiger partial charge in [-0.3, -0.25) is 14.5 Å². The molecule has 0 aromatic carbocycles. The Bertz CT molecular complexity index is 276. The largest absolute Gasteiger partial charge is 0.468 e. The monoisotopic (exact) mass is 257 g/mol. The summed E-state index contributed by atoms with van der Waals surface area (Å²) in [6.07, 6.45) is 1.03. The molecule has 6 heteroatoms. The maximum atomic E-state index is 11.8. The SMILES string of the molecule is CCCNCC(=O)N1CCN(CC(=O)OC)CC1. The number of hydrogen-bond donors (Lipinski definition) is 1. The predicted molar refractivity (Wildman–Crippen MR) is 68.2 cm³/mol. The smallest absolute Gasteiger partial charge is 0.319 e. The van der Waals surface area contributed by atoms with E-state index in [0.29, 0.717) is 26.2 Å². The number of rotatable bonds is 6. The summed E-state index contributed by atoms with van der Waals surface area (Å²) in [5, 5.41) is 3.11. The molecule has 1 aliphatic rings. The molecule has 1 rings (SSSR count). The number of methoxy groups -OCH3 is 1. The van der Waals surface area contributed by atoms with E-state index in [1.165, 1.54) is 7.11 Å². The number of hydrogen-bond acceptors (Lipinski definition) is 5. The number of nitrogens with zero attached hydrogens (tertiary/aromatic N) is 2. The minimum absolute atomic E-state index is 0.140. The molecule has 1 saturated heterocycles. The molecule has 1 heterocycles. The van der Waals surface area contributed by atoms with Crippen molar-refractivity contribution in [3.05, 3.63) is 0 Å². The molecule has 6 nitrogen and oxygen atoms in total. The van der Waals surface area contributed by atoms with Crippen molar-refractivity contribution in [2.45, 2.75) is 13.3 Å². The second-order valence-electron chi connectivity index (χ2n) is 4.41. The lowest BCUT2D eigenvalue weighted by atomic mass is 10.3. The topological polar surface area (TPSA) is 61.9 Å². The van der Waals surface area contributed by atoms with Crippen LogP contribution < -0.4 is 5.32 Å². The van der Waals surface area contributed by atoms with Gasteiger partial charge >= 0.3 is 5.97 Å². The van der Waals surface area contributed by atoms with Gasteiger partial charge in [-0.2, -0.15) is 0 Å². The summed E-state index contributed by atoms with van der Waals surface area (Å²) in [5.41, 5.74) is 0. The summed E-state index contributed by atoms with van der Waals surface area (Å²) in [5.74, 6) is -0.0828. The van der Waals surface area contributed by atoms with Gasteiger partial charge in [-0.15, -0.1) is 0 Å². The van der Waals surface area contributed by atoms with Crippen molar-refractivity contribution in [2.24, 2.45) is 0 Å². The normalized spacial score (nSPS) is 16.7. The molecule has 0 atom stereocenters. The fourth-order valence-electron chi connectivity index (χ4n) is 1.89. The minimum atomic E-state index is -0.223. The predicted octanol–water partition coefficient (Wildman–Crippen LogP) is -0.697. The molecule has 0 aliphatic carbocycles. The Morgan fingerprint density at radius 2 is 1.89 bits per heavy atom. The molecule has 1 aliphatic heterocycles. The van der Waals surface area contributed by atoms with Crippen molar-refractivity contribution in [1.29, 1.82) is 0 Å². The molecule has 0 saturated carbocycles. The number of piperazine rings is 1. The Morgan fingerprint density at radius 1 is 1.22 bits per heavy atom. The molecular formula is C12H23N3O3. The highest BCUT2D eigenvalue weighted by Gasteiger charge is 2.21. The summed E-state index contributed by atoms with van der Waals surface area (Å²) in [6.45, 7) is 6.49.